The summed E-state index contributed by atoms with van der Waals surface area (Å²) >= 11 is 11.8. The first-order valence-electron chi connectivity index (χ1n) is 5.11. The van der Waals surface area contributed by atoms with Gasteiger partial charge in [-0.2, -0.15) is 0 Å². The SMILES string of the molecule is COc1cc(C(C)CCCl)c(OC)cc1Cl. The van der Waals surface area contributed by atoms with Crippen molar-refractivity contribution in [1.82, 2.24) is 0 Å². The molecule has 0 fully saturated rings. The molecule has 1 aromatic carbocycles. The van der Waals surface area contributed by atoms with Crippen LogP contribution in [0.15, 0.2) is 12.1 Å². The van der Waals surface area contributed by atoms with E-state index in [0.29, 0.717) is 22.6 Å². The number of ether oxygens (including phenoxy) is 2. The summed E-state index contributed by atoms with van der Waals surface area (Å²) in [6.07, 6.45) is 0.892. The van der Waals surface area contributed by atoms with Crippen LogP contribution in [0.5, 0.6) is 11.5 Å². The highest BCUT2D eigenvalue weighted by Gasteiger charge is 2.15. The standard InChI is InChI=1S/C12H16Cl2O2/c1-8(4-5-13)9-6-12(16-3)10(14)7-11(9)15-2/h6-8H,4-5H2,1-3H3. The first-order chi connectivity index (χ1) is 7.63. The molecule has 0 amide bonds. The van der Waals surface area contributed by atoms with Crippen LogP contribution < -0.4 is 9.47 Å². The molecule has 0 radical (unpaired) electrons. The first kappa shape index (κ1) is 13.5. The minimum atomic E-state index is 0.318. The molecule has 0 heterocycles. The van der Waals surface area contributed by atoms with Gasteiger partial charge in [0.05, 0.1) is 19.2 Å². The van der Waals surface area contributed by atoms with Gasteiger partial charge in [-0.05, 0) is 18.4 Å². The Bertz CT molecular complexity index is 353. The van der Waals surface area contributed by atoms with Crippen LogP contribution in [0, 0.1) is 0 Å². The van der Waals surface area contributed by atoms with Crippen molar-refractivity contribution in [2.75, 3.05) is 20.1 Å². The fraction of sp³-hybridized carbons (Fsp3) is 0.500. The summed E-state index contributed by atoms with van der Waals surface area (Å²) in [5, 5.41) is 0.557. The second-order valence-electron chi connectivity index (χ2n) is 3.61. The highest BCUT2D eigenvalue weighted by Crippen LogP contribution is 2.37. The molecule has 0 spiro atoms. The molecule has 0 aromatic heterocycles. The topological polar surface area (TPSA) is 18.5 Å². The smallest absolute Gasteiger partial charge is 0.138 e. The Balaban J connectivity index is 3.13. The quantitative estimate of drug-likeness (QED) is 0.745. The second-order valence-corrected chi connectivity index (χ2v) is 4.39. The summed E-state index contributed by atoms with van der Waals surface area (Å²) < 4.78 is 10.5. The van der Waals surface area contributed by atoms with Crippen LogP contribution in [0.2, 0.25) is 5.02 Å². The number of halogens is 2. The zero-order chi connectivity index (χ0) is 12.1. The Hall–Kier alpha value is -0.600. The van der Waals surface area contributed by atoms with Crippen molar-refractivity contribution in [3.63, 3.8) is 0 Å². The molecular formula is C12H16Cl2O2. The third kappa shape index (κ3) is 2.96. The van der Waals surface area contributed by atoms with E-state index < -0.39 is 0 Å². The zero-order valence-corrected chi connectivity index (χ0v) is 11.2. The molecular weight excluding hydrogens is 247 g/mol. The molecule has 0 saturated heterocycles. The molecule has 90 valence electrons. The molecule has 1 aromatic rings. The molecule has 0 aliphatic carbocycles. The Morgan fingerprint density at radius 3 is 2.31 bits per heavy atom. The predicted molar refractivity (Wildman–Crippen MR) is 68.3 cm³/mol. The van der Waals surface area contributed by atoms with Crippen LogP contribution in [-0.4, -0.2) is 20.1 Å². The molecule has 0 bridgehead atoms. The van der Waals surface area contributed by atoms with Gasteiger partial charge in [-0.25, -0.2) is 0 Å². The van der Waals surface area contributed by atoms with E-state index in [9.17, 15) is 0 Å². The molecule has 2 nitrogen and oxygen atoms in total. The average Bonchev–Trinajstić information content (AvgIpc) is 2.28. The number of rotatable bonds is 5. The summed E-state index contributed by atoms with van der Waals surface area (Å²) in [6.45, 7) is 2.10. The van der Waals surface area contributed by atoms with Crippen molar-refractivity contribution in [3.05, 3.63) is 22.7 Å². The van der Waals surface area contributed by atoms with Gasteiger partial charge < -0.3 is 9.47 Å². The Kier molecular flexibility index (Phi) is 5.23. The third-order valence-corrected chi connectivity index (χ3v) is 3.09. The summed E-state index contributed by atoms with van der Waals surface area (Å²) in [7, 11) is 3.23. The Labute approximate surface area is 106 Å². The Morgan fingerprint density at radius 2 is 1.81 bits per heavy atom. The van der Waals surface area contributed by atoms with E-state index in [2.05, 4.69) is 6.92 Å². The molecule has 1 rings (SSSR count). The minimum absolute atomic E-state index is 0.318. The van der Waals surface area contributed by atoms with Crippen molar-refractivity contribution in [1.29, 1.82) is 0 Å². The lowest BCUT2D eigenvalue weighted by molar-refractivity contribution is 0.395. The monoisotopic (exact) mass is 262 g/mol. The zero-order valence-electron chi connectivity index (χ0n) is 9.72. The van der Waals surface area contributed by atoms with E-state index in [1.807, 2.05) is 6.07 Å². The summed E-state index contributed by atoms with van der Waals surface area (Å²) in [5.41, 5.74) is 1.07. The van der Waals surface area contributed by atoms with Gasteiger partial charge in [0, 0.05) is 17.5 Å². The van der Waals surface area contributed by atoms with Crippen LogP contribution in [0.3, 0.4) is 0 Å². The molecule has 16 heavy (non-hydrogen) atoms. The van der Waals surface area contributed by atoms with Gasteiger partial charge in [0.25, 0.3) is 0 Å². The van der Waals surface area contributed by atoms with E-state index in [1.54, 1.807) is 20.3 Å². The molecule has 0 aliphatic heterocycles. The molecule has 0 aliphatic rings. The number of hydrogen-bond acceptors (Lipinski definition) is 2. The maximum Gasteiger partial charge on any atom is 0.138 e. The van der Waals surface area contributed by atoms with E-state index in [4.69, 9.17) is 32.7 Å². The van der Waals surface area contributed by atoms with Gasteiger partial charge >= 0.3 is 0 Å². The van der Waals surface area contributed by atoms with Gasteiger partial charge in [0.15, 0.2) is 0 Å². The van der Waals surface area contributed by atoms with Crippen LogP contribution in [-0.2, 0) is 0 Å². The molecule has 1 atom stereocenters. The van der Waals surface area contributed by atoms with Crippen molar-refractivity contribution < 1.29 is 9.47 Å². The second kappa shape index (κ2) is 6.21. The van der Waals surface area contributed by atoms with E-state index >= 15 is 0 Å². The average molecular weight is 263 g/mol. The van der Waals surface area contributed by atoms with Crippen LogP contribution in [0.25, 0.3) is 0 Å². The fourth-order valence-electron chi connectivity index (χ4n) is 1.59. The third-order valence-electron chi connectivity index (χ3n) is 2.58. The summed E-state index contributed by atoms with van der Waals surface area (Å²) in [4.78, 5) is 0. The number of benzene rings is 1. The molecule has 0 saturated carbocycles. The van der Waals surface area contributed by atoms with Gasteiger partial charge in [-0.15, -0.1) is 11.6 Å². The highest BCUT2D eigenvalue weighted by molar-refractivity contribution is 6.32. The first-order valence-corrected chi connectivity index (χ1v) is 6.02. The summed E-state index contributed by atoms with van der Waals surface area (Å²) in [6, 6.07) is 3.69. The molecule has 4 heteroatoms. The largest absolute Gasteiger partial charge is 0.496 e. The normalized spacial score (nSPS) is 12.3. The van der Waals surface area contributed by atoms with Gasteiger partial charge in [0.1, 0.15) is 11.5 Å². The van der Waals surface area contributed by atoms with E-state index in [1.165, 1.54) is 0 Å². The van der Waals surface area contributed by atoms with Crippen molar-refractivity contribution in [2.45, 2.75) is 19.3 Å². The Morgan fingerprint density at radius 1 is 1.19 bits per heavy atom. The summed E-state index contributed by atoms with van der Waals surface area (Å²) in [5.74, 6) is 2.39. The number of alkyl halides is 1. The fourth-order valence-corrected chi connectivity index (χ4v) is 2.15. The lowest BCUT2D eigenvalue weighted by atomic mass is 9.97. The van der Waals surface area contributed by atoms with Crippen molar-refractivity contribution in [2.24, 2.45) is 0 Å². The van der Waals surface area contributed by atoms with Crippen molar-refractivity contribution >= 4 is 23.2 Å². The lowest BCUT2D eigenvalue weighted by Crippen LogP contribution is -2.00. The highest BCUT2D eigenvalue weighted by atomic mass is 35.5. The van der Waals surface area contributed by atoms with Crippen molar-refractivity contribution in [3.8, 4) is 11.5 Å². The maximum atomic E-state index is 6.03. The van der Waals surface area contributed by atoms with Crippen LogP contribution in [0.1, 0.15) is 24.8 Å². The molecule has 1 unspecified atom stereocenters. The predicted octanol–water partition coefficient (Wildman–Crippen LogP) is 4.09. The van der Waals surface area contributed by atoms with Gasteiger partial charge in [-0.1, -0.05) is 18.5 Å². The van der Waals surface area contributed by atoms with Gasteiger partial charge in [0.2, 0.25) is 0 Å². The number of hydrogen-bond donors (Lipinski definition) is 0. The number of methoxy groups -OCH3 is 2. The van der Waals surface area contributed by atoms with Crippen LogP contribution >= 0.6 is 23.2 Å². The minimum Gasteiger partial charge on any atom is -0.496 e. The van der Waals surface area contributed by atoms with E-state index in [0.717, 1.165) is 17.7 Å². The lowest BCUT2D eigenvalue weighted by Gasteiger charge is -2.16. The maximum absolute atomic E-state index is 6.03. The van der Waals surface area contributed by atoms with Crippen LogP contribution in [0.4, 0.5) is 0 Å². The van der Waals surface area contributed by atoms with Gasteiger partial charge in [-0.3, -0.25) is 0 Å². The molecule has 0 N–H and O–H groups in total. The van der Waals surface area contributed by atoms with E-state index in [-0.39, 0.29) is 0 Å².